The van der Waals surface area contributed by atoms with Gasteiger partial charge in [-0.1, -0.05) is 15.9 Å². The Morgan fingerprint density at radius 3 is 2.88 bits per heavy atom. The standard InChI is InChI=1S/C12H10BrNO2/c1-6-4-8(13)5-9-10(6)14-11(7-2-3-7)16-12(9)15/h4-5,7H,2-3H2,1H3. The largest absolute Gasteiger partial charge is 0.408 e. The summed E-state index contributed by atoms with van der Waals surface area (Å²) < 4.78 is 6.12. The van der Waals surface area contributed by atoms with E-state index in [1.807, 2.05) is 13.0 Å². The van der Waals surface area contributed by atoms with Gasteiger partial charge in [0.1, 0.15) is 0 Å². The van der Waals surface area contributed by atoms with Crippen molar-refractivity contribution in [2.45, 2.75) is 25.7 Å². The van der Waals surface area contributed by atoms with Crippen LogP contribution in [-0.4, -0.2) is 4.98 Å². The van der Waals surface area contributed by atoms with Crippen molar-refractivity contribution in [3.8, 4) is 0 Å². The van der Waals surface area contributed by atoms with Gasteiger partial charge in [0, 0.05) is 10.4 Å². The van der Waals surface area contributed by atoms with Crippen molar-refractivity contribution < 1.29 is 4.42 Å². The van der Waals surface area contributed by atoms with Crippen LogP contribution in [0.5, 0.6) is 0 Å². The summed E-state index contributed by atoms with van der Waals surface area (Å²) in [4.78, 5) is 16.3. The molecule has 0 atom stereocenters. The summed E-state index contributed by atoms with van der Waals surface area (Å²) >= 11 is 3.37. The molecule has 82 valence electrons. The number of benzene rings is 1. The Morgan fingerprint density at radius 2 is 2.19 bits per heavy atom. The van der Waals surface area contributed by atoms with E-state index in [0.29, 0.717) is 17.2 Å². The smallest absolute Gasteiger partial charge is 0.346 e. The van der Waals surface area contributed by atoms with Crippen molar-refractivity contribution >= 4 is 26.8 Å². The lowest BCUT2D eigenvalue weighted by atomic mass is 10.1. The number of hydrogen-bond acceptors (Lipinski definition) is 3. The molecule has 0 radical (unpaired) electrons. The summed E-state index contributed by atoms with van der Waals surface area (Å²) in [5.41, 5.74) is 1.48. The molecule has 1 aliphatic carbocycles. The van der Waals surface area contributed by atoms with Crippen LogP contribution in [0, 0.1) is 6.92 Å². The van der Waals surface area contributed by atoms with Crippen molar-refractivity contribution in [1.82, 2.24) is 4.98 Å². The maximum atomic E-state index is 11.8. The third-order valence-corrected chi connectivity index (χ3v) is 3.29. The van der Waals surface area contributed by atoms with E-state index in [1.165, 1.54) is 0 Å². The van der Waals surface area contributed by atoms with Crippen LogP contribution in [0.3, 0.4) is 0 Å². The molecule has 0 amide bonds. The first-order valence-corrected chi connectivity index (χ1v) is 6.05. The first-order chi connectivity index (χ1) is 7.65. The Balaban J connectivity index is 2.37. The Hall–Kier alpha value is -1.16. The molecule has 16 heavy (non-hydrogen) atoms. The average molecular weight is 280 g/mol. The van der Waals surface area contributed by atoms with Gasteiger partial charge in [-0.05, 0) is 37.5 Å². The number of halogens is 1. The molecule has 0 spiro atoms. The topological polar surface area (TPSA) is 43.1 Å². The van der Waals surface area contributed by atoms with E-state index >= 15 is 0 Å². The second kappa shape index (κ2) is 3.42. The van der Waals surface area contributed by atoms with E-state index in [0.717, 1.165) is 28.4 Å². The lowest BCUT2D eigenvalue weighted by Gasteiger charge is -2.03. The van der Waals surface area contributed by atoms with Crippen LogP contribution in [0.2, 0.25) is 0 Å². The highest BCUT2D eigenvalue weighted by Crippen LogP contribution is 2.39. The molecule has 1 heterocycles. The Morgan fingerprint density at radius 1 is 1.44 bits per heavy atom. The van der Waals surface area contributed by atoms with Gasteiger partial charge in [-0.25, -0.2) is 9.78 Å². The summed E-state index contributed by atoms with van der Waals surface area (Å²) in [6.45, 7) is 1.95. The second-order valence-electron chi connectivity index (χ2n) is 4.23. The van der Waals surface area contributed by atoms with Crippen LogP contribution in [0.25, 0.3) is 10.9 Å². The van der Waals surface area contributed by atoms with E-state index in [4.69, 9.17) is 4.42 Å². The van der Waals surface area contributed by atoms with Gasteiger partial charge in [-0.2, -0.15) is 0 Å². The van der Waals surface area contributed by atoms with Crippen LogP contribution < -0.4 is 5.63 Å². The molecule has 0 aliphatic heterocycles. The molecule has 0 unspecified atom stereocenters. The van der Waals surface area contributed by atoms with Gasteiger partial charge in [-0.15, -0.1) is 0 Å². The monoisotopic (exact) mass is 279 g/mol. The van der Waals surface area contributed by atoms with Crippen molar-refractivity contribution in [3.05, 3.63) is 38.5 Å². The van der Waals surface area contributed by atoms with Gasteiger partial charge < -0.3 is 4.42 Å². The SMILES string of the molecule is Cc1cc(Br)cc2c(=O)oc(C3CC3)nc12. The lowest BCUT2D eigenvalue weighted by molar-refractivity contribution is 0.446. The van der Waals surface area contributed by atoms with Crippen molar-refractivity contribution in [3.63, 3.8) is 0 Å². The summed E-state index contributed by atoms with van der Waals surface area (Å²) in [5.74, 6) is 0.961. The highest BCUT2D eigenvalue weighted by atomic mass is 79.9. The molecule has 1 saturated carbocycles. The minimum Gasteiger partial charge on any atom is -0.408 e. The first kappa shape index (κ1) is 10.0. The van der Waals surface area contributed by atoms with E-state index in [-0.39, 0.29) is 5.63 Å². The minimum absolute atomic E-state index is 0.281. The van der Waals surface area contributed by atoms with Gasteiger partial charge in [0.05, 0.1) is 10.9 Å². The quantitative estimate of drug-likeness (QED) is 0.806. The fraction of sp³-hybridized carbons (Fsp3) is 0.333. The molecule has 3 rings (SSSR count). The molecule has 1 aromatic heterocycles. The van der Waals surface area contributed by atoms with E-state index in [1.54, 1.807) is 6.07 Å². The van der Waals surface area contributed by atoms with Crippen LogP contribution in [-0.2, 0) is 0 Å². The zero-order valence-corrected chi connectivity index (χ0v) is 10.4. The van der Waals surface area contributed by atoms with Gasteiger partial charge in [0.25, 0.3) is 0 Å². The normalized spacial score (nSPS) is 15.6. The summed E-state index contributed by atoms with van der Waals surface area (Å²) in [5, 5.41) is 0.552. The molecule has 0 N–H and O–H groups in total. The first-order valence-electron chi connectivity index (χ1n) is 5.26. The number of aryl methyl sites for hydroxylation is 1. The van der Waals surface area contributed by atoms with E-state index in [2.05, 4.69) is 20.9 Å². The fourth-order valence-electron chi connectivity index (χ4n) is 1.83. The van der Waals surface area contributed by atoms with Crippen molar-refractivity contribution in [2.75, 3.05) is 0 Å². The summed E-state index contributed by atoms with van der Waals surface area (Å²) in [7, 11) is 0. The minimum atomic E-state index is -0.281. The molecule has 2 aromatic rings. The molecule has 1 aromatic carbocycles. The Kier molecular flexibility index (Phi) is 2.14. The summed E-state index contributed by atoms with van der Waals surface area (Å²) in [6, 6.07) is 3.73. The lowest BCUT2D eigenvalue weighted by Crippen LogP contribution is -2.05. The number of fused-ring (bicyclic) bond motifs is 1. The van der Waals surface area contributed by atoms with Gasteiger partial charge in [0.15, 0.2) is 0 Å². The zero-order valence-electron chi connectivity index (χ0n) is 8.79. The van der Waals surface area contributed by atoms with Crippen LogP contribution in [0.4, 0.5) is 0 Å². The molecular formula is C12H10BrNO2. The third kappa shape index (κ3) is 1.57. The number of nitrogens with zero attached hydrogens (tertiary/aromatic N) is 1. The van der Waals surface area contributed by atoms with Crippen LogP contribution in [0.15, 0.2) is 25.8 Å². The fourth-order valence-corrected chi connectivity index (χ4v) is 2.40. The van der Waals surface area contributed by atoms with Gasteiger partial charge in [0.2, 0.25) is 5.89 Å². The number of hydrogen-bond donors (Lipinski definition) is 0. The predicted molar refractivity (Wildman–Crippen MR) is 64.7 cm³/mol. The Labute approximate surface area is 101 Å². The molecule has 0 bridgehead atoms. The van der Waals surface area contributed by atoms with Gasteiger partial charge in [-0.3, -0.25) is 0 Å². The molecule has 1 aliphatic rings. The van der Waals surface area contributed by atoms with Gasteiger partial charge >= 0.3 is 5.63 Å². The maximum Gasteiger partial charge on any atom is 0.346 e. The second-order valence-corrected chi connectivity index (χ2v) is 5.15. The highest BCUT2D eigenvalue weighted by molar-refractivity contribution is 9.10. The van der Waals surface area contributed by atoms with E-state index < -0.39 is 0 Å². The average Bonchev–Trinajstić information content (AvgIpc) is 3.02. The maximum absolute atomic E-state index is 11.8. The van der Waals surface area contributed by atoms with Crippen LogP contribution >= 0.6 is 15.9 Å². The van der Waals surface area contributed by atoms with Crippen molar-refractivity contribution in [1.29, 1.82) is 0 Å². The molecular weight excluding hydrogens is 270 g/mol. The molecule has 3 nitrogen and oxygen atoms in total. The molecule has 1 fully saturated rings. The molecule has 4 heteroatoms. The Bertz CT molecular complexity index is 629. The highest BCUT2D eigenvalue weighted by Gasteiger charge is 2.28. The predicted octanol–water partition coefficient (Wildman–Crippen LogP) is 3.14. The number of rotatable bonds is 1. The van der Waals surface area contributed by atoms with Crippen molar-refractivity contribution in [2.24, 2.45) is 0 Å². The van der Waals surface area contributed by atoms with Crippen LogP contribution in [0.1, 0.15) is 30.2 Å². The summed E-state index contributed by atoms with van der Waals surface area (Å²) in [6.07, 6.45) is 2.16. The number of aromatic nitrogens is 1. The third-order valence-electron chi connectivity index (χ3n) is 2.83. The molecule has 0 saturated heterocycles. The van der Waals surface area contributed by atoms with E-state index in [9.17, 15) is 4.79 Å². The zero-order chi connectivity index (χ0) is 11.3.